The fourth-order valence-corrected chi connectivity index (χ4v) is 1.46. The second-order valence-electron chi connectivity index (χ2n) is 4.77. The molecule has 0 aliphatic carbocycles. The minimum absolute atomic E-state index is 0.101. The monoisotopic (exact) mass is 254 g/mol. The standard InChI is InChI=1S/C12H22N4O2/c1-4-7-18-11-9(13)10(14-8-15-11)16-12(2,3)5-6-17/h8,17H,4-7,13H2,1-3H3,(H,14,15,16). The van der Waals surface area contributed by atoms with Crippen LogP contribution in [0.2, 0.25) is 0 Å². The zero-order valence-electron chi connectivity index (χ0n) is 11.2. The number of aliphatic hydroxyl groups is 1. The molecule has 1 aromatic rings. The number of nitrogens with one attached hydrogen (secondary N) is 1. The van der Waals surface area contributed by atoms with E-state index < -0.39 is 0 Å². The maximum absolute atomic E-state index is 8.99. The van der Waals surface area contributed by atoms with Crippen LogP contribution in [0.5, 0.6) is 5.88 Å². The van der Waals surface area contributed by atoms with Gasteiger partial charge in [-0.1, -0.05) is 6.92 Å². The molecular weight excluding hydrogens is 232 g/mol. The number of aliphatic hydroxyl groups excluding tert-OH is 1. The van der Waals surface area contributed by atoms with Crippen LogP contribution in [0.4, 0.5) is 11.5 Å². The normalized spacial score (nSPS) is 11.3. The molecule has 6 nitrogen and oxygen atoms in total. The van der Waals surface area contributed by atoms with Gasteiger partial charge in [0.15, 0.2) is 5.82 Å². The first kappa shape index (κ1) is 14.5. The Morgan fingerprint density at radius 2 is 2.17 bits per heavy atom. The second-order valence-corrected chi connectivity index (χ2v) is 4.77. The van der Waals surface area contributed by atoms with Crippen molar-refractivity contribution in [1.82, 2.24) is 9.97 Å². The fraction of sp³-hybridized carbons (Fsp3) is 0.667. The number of nitrogens with two attached hydrogens (primary N) is 1. The molecule has 1 rings (SSSR count). The van der Waals surface area contributed by atoms with E-state index in [9.17, 15) is 0 Å². The molecule has 0 unspecified atom stereocenters. The molecule has 0 aliphatic heterocycles. The van der Waals surface area contributed by atoms with Gasteiger partial charge in [-0.2, -0.15) is 4.98 Å². The van der Waals surface area contributed by atoms with Crippen molar-refractivity contribution >= 4 is 11.5 Å². The van der Waals surface area contributed by atoms with E-state index in [0.717, 1.165) is 6.42 Å². The van der Waals surface area contributed by atoms with Crippen LogP contribution in [0.25, 0.3) is 0 Å². The van der Waals surface area contributed by atoms with Gasteiger partial charge in [-0.3, -0.25) is 0 Å². The lowest BCUT2D eigenvalue weighted by molar-refractivity contribution is 0.260. The van der Waals surface area contributed by atoms with Gasteiger partial charge in [-0.05, 0) is 26.7 Å². The number of hydrogen-bond acceptors (Lipinski definition) is 6. The Bertz CT molecular complexity index is 382. The smallest absolute Gasteiger partial charge is 0.242 e. The van der Waals surface area contributed by atoms with E-state index in [1.807, 2.05) is 20.8 Å². The third-order valence-electron chi connectivity index (χ3n) is 2.48. The largest absolute Gasteiger partial charge is 0.476 e. The van der Waals surface area contributed by atoms with Crippen molar-refractivity contribution in [3.63, 3.8) is 0 Å². The van der Waals surface area contributed by atoms with E-state index in [-0.39, 0.29) is 12.1 Å². The summed E-state index contributed by atoms with van der Waals surface area (Å²) in [6.07, 6.45) is 2.91. The average molecular weight is 254 g/mol. The average Bonchev–Trinajstić information content (AvgIpc) is 2.30. The fourth-order valence-electron chi connectivity index (χ4n) is 1.46. The quantitative estimate of drug-likeness (QED) is 0.681. The number of hydrogen-bond donors (Lipinski definition) is 3. The van der Waals surface area contributed by atoms with Crippen LogP contribution in [-0.2, 0) is 0 Å². The second kappa shape index (κ2) is 6.39. The summed E-state index contributed by atoms with van der Waals surface area (Å²) in [5.74, 6) is 0.934. The highest BCUT2D eigenvalue weighted by Crippen LogP contribution is 2.27. The van der Waals surface area contributed by atoms with Crippen LogP contribution in [-0.4, -0.2) is 33.8 Å². The Kier molecular flexibility index (Phi) is 5.15. The van der Waals surface area contributed by atoms with Gasteiger partial charge in [0.1, 0.15) is 12.0 Å². The Morgan fingerprint density at radius 3 is 2.78 bits per heavy atom. The number of nitrogen functional groups attached to an aromatic ring is 1. The molecular formula is C12H22N4O2. The Hall–Kier alpha value is -1.56. The summed E-state index contributed by atoms with van der Waals surface area (Å²) in [7, 11) is 0. The molecule has 0 saturated heterocycles. The van der Waals surface area contributed by atoms with Crippen LogP contribution >= 0.6 is 0 Å². The van der Waals surface area contributed by atoms with Crippen molar-refractivity contribution in [2.75, 3.05) is 24.3 Å². The van der Waals surface area contributed by atoms with E-state index in [1.54, 1.807) is 0 Å². The SMILES string of the molecule is CCCOc1ncnc(NC(C)(C)CCO)c1N. The summed E-state index contributed by atoms with van der Waals surface area (Å²) in [6, 6.07) is 0. The lowest BCUT2D eigenvalue weighted by Gasteiger charge is -2.26. The van der Waals surface area contributed by atoms with E-state index in [1.165, 1.54) is 6.33 Å². The molecule has 0 saturated carbocycles. The van der Waals surface area contributed by atoms with Gasteiger partial charge in [-0.25, -0.2) is 4.98 Å². The van der Waals surface area contributed by atoms with Crippen LogP contribution in [0.1, 0.15) is 33.6 Å². The van der Waals surface area contributed by atoms with Crippen molar-refractivity contribution in [2.45, 2.75) is 39.2 Å². The summed E-state index contributed by atoms with van der Waals surface area (Å²) in [6.45, 7) is 6.63. The van der Waals surface area contributed by atoms with Crippen molar-refractivity contribution in [1.29, 1.82) is 0 Å². The molecule has 0 atom stereocenters. The highest BCUT2D eigenvalue weighted by atomic mass is 16.5. The number of nitrogens with zero attached hydrogens (tertiary/aromatic N) is 2. The molecule has 0 bridgehead atoms. The summed E-state index contributed by atoms with van der Waals surface area (Å²) in [4.78, 5) is 8.11. The first-order chi connectivity index (χ1) is 8.50. The predicted octanol–water partition coefficient (Wildman–Crippen LogP) is 1.42. The van der Waals surface area contributed by atoms with E-state index in [4.69, 9.17) is 15.6 Å². The van der Waals surface area contributed by atoms with Crippen molar-refractivity contribution in [3.8, 4) is 5.88 Å². The van der Waals surface area contributed by atoms with E-state index in [0.29, 0.717) is 30.4 Å². The molecule has 102 valence electrons. The number of rotatable bonds is 7. The summed E-state index contributed by atoms with van der Waals surface area (Å²) in [5.41, 5.74) is 6.06. The maximum Gasteiger partial charge on any atom is 0.242 e. The van der Waals surface area contributed by atoms with Crippen LogP contribution < -0.4 is 15.8 Å². The molecule has 0 aromatic carbocycles. The van der Waals surface area contributed by atoms with Gasteiger partial charge >= 0.3 is 0 Å². The van der Waals surface area contributed by atoms with Crippen molar-refractivity contribution in [3.05, 3.63) is 6.33 Å². The minimum atomic E-state index is -0.292. The summed E-state index contributed by atoms with van der Waals surface area (Å²) >= 11 is 0. The van der Waals surface area contributed by atoms with E-state index in [2.05, 4.69) is 15.3 Å². The number of anilines is 2. The lowest BCUT2D eigenvalue weighted by atomic mass is 10.0. The Balaban J connectivity index is 2.83. The highest BCUT2D eigenvalue weighted by molar-refractivity contribution is 5.67. The van der Waals surface area contributed by atoms with Gasteiger partial charge < -0.3 is 20.9 Å². The maximum atomic E-state index is 8.99. The van der Waals surface area contributed by atoms with Gasteiger partial charge in [0.05, 0.1) is 6.61 Å². The molecule has 4 N–H and O–H groups in total. The van der Waals surface area contributed by atoms with Crippen molar-refractivity contribution < 1.29 is 9.84 Å². The zero-order valence-corrected chi connectivity index (χ0v) is 11.2. The molecule has 0 radical (unpaired) electrons. The number of ether oxygens (including phenoxy) is 1. The molecule has 0 fully saturated rings. The predicted molar refractivity (Wildman–Crippen MR) is 71.6 cm³/mol. The lowest BCUT2D eigenvalue weighted by Crippen LogP contribution is -2.32. The van der Waals surface area contributed by atoms with E-state index >= 15 is 0 Å². The van der Waals surface area contributed by atoms with Crippen molar-refractivity contribution in [2.24, 2.45) is 0 Å². The Labute approximate surface area is 108 Å². The number of aromatic nitrogens is 2. The molecule has 1 heterocycles. The van der Waals surface area contributed by atoms with Gasteiger partial charge in [0.2, 0.25) is 5.88 Å². The third-order valence-corrected chi connectivity index (χ3v) is 2.48. The minimum Gasteiger partial charge on any atom is -0.476 e. The summed E-state index contributed by atoms with van der Waals surface area (Å²) < 4.78 is 5.44. The van der Waals surface area contributed by atoms with Crippen LogP contribution in [0.3, 0.4) is 0 Å². The zero-order chi connectivity index (χ0) is 13.6. The molecule has 1 aromatic heterocycles. The van der Waals surface area contributed by atoms with Gasteiger partial charge in [-0.15, -0.1) is 0 Å². The third kappa shape index (κ3) is 4.03. The van der Waals surface area contributed by atoms with Gasteiger partial charge in [0.25, 0.3) is 0 Å². The molecule has 0 aliphatic rings. The van der Waals surface area contributed by atoms with Crippen LogP contribution in [0, 0.1) is 0 Å². The topological polar surface area (TPSA) is 93.3 Å². The summed E-state index contributed by atoms with van der Waals surface area (Å²) in [5, 5.41) is 12.2. The van der Waals surface area contributed by atoms with Crippen LogP contribution in [0.15, 0.2) is 6.33 Å². The molecule has 0 spiro atoms. The molecule has 0 amide bonds. The molecule has 18 heavy (non-hydrogen) atoms. The first-order valence-corrected chi connectivity index (χ1v) is 6.12. The Morgan fingerprint density at radius 1 is 1.44 bits per heavy atom. The highest BCUT2D eigenvalue weighted by Gasteiger charge is 2.20. The van der Waals surface area contributed by atoms with Gasteiger partial charge in [0, 0.05) is 12.1 Å². The first-order valence-electron chi connectivity index (χ1n) is 6.12. The molecule has 6 heteroatoms.